The fourth-order valence-electron chi connectivity index (χ4n) is 4.90. The molecule has 0 atom stereocenters. The second-order valence-electron chi connectivity index (χ2n) is 9.41. The zero-order valence-corrected chi connectivity index (χ0v) is 20.0. The molecule has 4 heteroatoms. The number of hydrogen-bond donors (Lipinski definition) is 1. The van der Waals surface area contributed by atoms with Crippen LogP contribution in [0.5, 0.6) is 0 Å². The molecular weight excluding hydrogens is 420 g/mol. The van der Waals surface area contributed by atoms with Crippen LogP contribution in [-0.2, 0) is 6.42 Å². The van der Waals surface area contributed by atoms with Gasteiger partial charge >= 0.3 is 5.63 Å². The van der Waals surface area contributed by atoms with Crippen molar-refractivity contribution in [3.8, 4) is 11.1 Å². The SMILES string of the molecule is Cc1ccc(-c2cc(=O)oc3cc(N4CCC(NCCc5ccccc5)CC4)ccc23)cc1C. The van der Waals surface area contributed by atoms with E-state index in [-0.39, 0.29) is 5.63 Å². The topological polar surface area (TPSA) is 45.5 Å². The van der Waals surface area contributed by atoms with Crippen LogP contribution >= 0.6 is 0 Å². The molecule has 0 spiro atoms. The monoisotopic (exact) mass is 452 g/mol. The molecule has 1 N–H and O–H groups in total. The Balaban J connectivity index is 1.28. The number of aryl methyl sites for hydroxylation is 2. The molecule has 2 heterocycles. The summed E-state index contributed by atoms with van der Waals surface area (Å²) in [6.45, 7) is 7.21. The average molecular weight is 453 g/mol. The molecule has 1 aromatic heterocycles. The molecule has 1 fully saturated rings. The Labute approximate surface area is 201 Å². The van der Waals surface area contributed by atoms with Crippen LogP contribution in [0.2, 0.25) is 0 Å². The molecule has 1 saturated heterocycles. The number of hydrogen-bond acceptors (Lipinski definition) is 4. The minimum absolute atomic E-state index is 0.306. The number of nitrogens with zero attached hydrogens (tertiary/aromatic N) is 1. The molecule has 0 bridgehead atoms. The third-order valence-electron chi connectivity index (χ3n) is 7.10. The Hall–Kier alpha value is -3.37. The number of rotatable bonds is 6. The van der Waals surface area contributed by atoms with Gasteiger partial charge < -0.3 is 14.6 Å². The normalized spacial score (nSPS) is 14.6. The molecule has 0 unspecified atom stereocenters. The first-order valence-electron chi connectivity index (χ1n) is 12.2. The quantitative estimate of drug-likeness (QED) is 0.371. The molecule has 0 amide bonds. The highest BCUT2D eigenvalue weighted by atomic mass is 16.4. The van der Waals surface area contributed by atoms with Crippen LogP contribution in [0.4, 0.5) is 5.69 Å². The molecule has 5 rings (SSSR count). The summed E-state index contributed by atoms with van der Waals surface area (Å²) in [4.78, 5) is 14.8. The lowest BCUT2D eigenvalue weighted by atomic mass is 9.98. The van der Waals surface area contributed by atoms with Crippen LogP contribution in [0.15, 0.2) is 82.0 Å². The maximum Gasteiger partial charge on any atom is 0.336 e. The summed E-state index contributed by atoms with van der Waals surface area (Å²) < 4.78 is 5.63. The molecule has 0 aliphatic carbocycles. The van der Waals surface area contributed by atoms with Crippen molar-refractivity contribution in [3.63, 3.8) is 0 Å². The number of benzene rings is 3. The van der Waals surface area contributed by atoms with Gasteiger partial charge in [0.2, 0.25) is 0 Å². The zero-order valence-electron chi connectivity index (χ0n) is 20.0. The smallest absolute Gasteiger partial charge is 0.336 e. The second-order valence-corrected chi connectivity index (χ2v) is 9.41. The lowest BCUT2D eigenvalue weighted by Crippen LogP contribution is -2.43. The molecule has 1 aliphatic rings. The molecule has 0 saturated carbocycles. The third kappa shape index (κ3) is 4.92. The minimum atomic E-state index is -0.306. The fraction of sp³-hybridized carbons (Fsp3) is 0.300. The summed E-state index contributed by atoms with van der Waals surface area (Å²) in [5.41, 5.74) is 7.30. The van der Waals surface area contributed by atoms with Crippen molar-refractivity contribution >= 4 is 16.7 Å². The number of fused-ring (bicyclic) bond motifs is 1. The predicted octanol–water partition coefficient (Wildman–Crippen LogP) is 5.88. The highest BCUT2D eigenvalue weighted by molar-refractivity contribution is 5.94. The molecule has 3 aromatic carbocycles. The van der Waals surface area contributed by atoms with E-state index in [9.17, 15) is 4.79 Å². The van der Waals surface area contributed by atoms with E-state index in [1.54, 1.807) is 6.07 Å². The van der Waals surface area contributed by atoms with E-state index in [1.165, 1.54) is 16.7 Å². The van der Waals surface area contributed by atoms with E-state index in [2.05, 4.69) is 84.7 Å². The maximum absolute atomic E-state index is 12.4. The van der Waals surface area contributed by atoms with Crippen LogP contribution in [0, 0.1) is 13.8 Å². The van der Waals surface area contributed by atoms with Crippen LogP contribution in [0.1, 0.15) is 29.5 Å². The van der Waals surface area contributed by atoms with Gasteiger partial charge in [-0.25, -0.2) is 4.79 Å². The number of piperidine rings is 1. The Kier molecular flexibility index (Phi) is 6.50. The van der Waals surface area contributed by atoms with E-state index in [1.807, 2.05) is 6.07 Å². The maximum atomic E-state index is 12.4. The van der Waals surface area contributed by atoms with Gasteiger partial charge in [-0.15, -0.1) is 0 Å². The summed E-state index contributed by atoms with van der Waals surface area (Å²) in [6, 6.07) is 25.4. The van der Waals surface area contributed by atoms with Crippen molar-refractivity contribution in [2.45, 2.75) is 39.2 Å². The van der Waals surface area contributed by atoms with Gasteiger partial charge in [0, 0.05) is 42.3 Å². The molecule has 0 radical (unpaired) electrons. The molecule has 4 nitrogen and oxygen atoms in total. The lowest BCUT2D eigenvalue weighted by molar-refractivity contribution is 0.417. The van der Waals surface area contributed by atoms with Crippen molar-refractivity contribution in [3.05, 3.63) is 99.9 Å². The Morgan fingerprint density at radius 3 is 2.47 bits per heavy atom. The molecule has 4 aromatic rings. The third-order valence-corrected chi connectivity index (χ3v) is 7.10. The van der Waals surface area contributed by atoms with Crippen LogP contribution in [0.25, 0.3) is 22.1 Å². The largest absolute Gasteiger partial charge is 0.423 e. The fourth-order valence-corrected chi connectivity index (χ4v) is 4.90. The van der Waals surface area contributed by atoms with E-state index in [4.69, 9.17) is 4.42 Å². The Morgan fingerprint density at radius 1 is 0.912 bits per heavy atom. The van der Waals surface area contributed by atoms with Gasteiger partial charge in [-0.1, -0.05) is 48.5 Å². The standard InChI is InChI=1S/C30H32N2O2/c1-21-8-9-24(18-22(21)2)28-20-30(33)34-29-19-26(10-11-27(28)29)32-16-13-25(14-17-32)31-15-12-23-6-4-3-5-7-23/h3-11,18-20,25,31H,12-17H2,1-2H3. The van der Waals surface area contributed by atoms with Crippen LogP contribution in [0.3, 0.4) is 0 Å². The summed E-state index contributed by atoms with van der Waals surface area (Å²) in [6.07, 6.45) is 3.28. The first-order chi connectivity index (χ1) is 16.6. The first-order valence-corrected chi connectivity index (χ1v) is 12.2. The summed E-state index contributed by atoms with van der Waals surface area (Å²) in [7, 11) is 0. The lowest BCUT2D eigenvalue weighted by Gasteiger charge is -2.34. The molecule has 34 heavy (non-hydrogen) atoms. The van der Waals surface area contributed by atoms with Gasteiger partial charge in [-0.05, 0) is 79.6 Å². The van der Waals surface area contributed by atoms with E-state index < -0.39 is 0 Å². The van der Waals surface area contributed by atoms with Gasteiger partial charge in [0.15, 0.2) is 0 Å². The van der Waals surface area contributed by atoms with Gasteiger partial charge in [0.1, 0.15) is 5.58 Å². The van der Waals surface area contributed by atoms with Crippen molar-refractivity contribution in [1.29, 1.82) is 0 Å². The van der Waals surface area contributed by atoms with E-state index in [0.29, 0.717) is 11.6 Å². The Morgan fingerprint density at radius 2 is 1.71 bits per heavy atom. The van der Waals surface area contributed by atoms with E-state index >= 15 is 0 Å². The number of anilines is 1. The van der Waals surface area contributed by atoms with Gasteiger partial charge in [-0.3, -0.25) is 0 Å². The van der Waals surface area contributed by atoms with Gasteiger partial charge in [0.25, 0.3) is 0 Å². The second kappa shape index (κ2) is 9.86. The first kappa shape index (κ1) is 22.4. The highest BCUT2D eigenvalue weighted by Gasteiger charge is 2.20. The minimum Gasteiger partial charge on any atom is -0.423 e. The van der Waals surface area contributed by atoms with Crippen LogP contribution in [-0.4, -0.2) is 25.7 Å². The van der Waals surface area contributed by atoms with Gasteiger partial charge in [0.05, 0.1) is 0 Å². The summed E-state index contributed by atoms with van der Waals surface area (Å²) in [5.74, 6) is 0. The van der Waals surface area contributed by atoms with E-state index in [0.717, 1.165) is 61.1 Å². The predicted molar refractivity (Wildman–Crippen MR) is 141 cm³/mol. The van der Waals surface area contributed by atoms with Crippen LogP contribution < -0.4 is 15.8 Å². The van der Waals surface area contributed by atoms with Crippen molar-refractivity contribution in [2.75, 3.05) is 24.5 Å². The summed E-state index contributed by atoms with van der Waals surface area (Å²) in [5, 5.41) is 4.70. The molecule has 174 valence electrons. The molecule has 1 aliphatic heterocycles. The van der Waals surface area contributed by atoms with Gasteiger partial charge in [-0.2, -0.15) is 0 Å². The highest BCUT2D eigenvalue weighted by Crippen LogP contribution is 2.31. The van der Waals surface area contributed by atoms with Crippen molar-refractivity contribution in [2.24, 2.45) is 0 Å². The van der Waals surface area contributed by atoms with Crippen molar-refractivity contribution < 1.29 is 4.42 Å². The molecular formula is C30H32N2O2. The van der Waals surface area contributed by atoms with Crippen molar-refractivity contribution in [1.82, 2.24) is 5.32 Å². The number of nitrogens with one attached hydrogen (secondary N) is 1. The Bertz CT molecular complexity index is 1340. The summed E-state index contributed by atoms with van der Waals surface area (Å²) >= 11 is 0. The zero-order chi connectivity index (χ0) is 23.5. The average Bonchev–Trinajstić information content (AvgIpc) is 2.86.